The van der Waals surface area contributed by atoms with Gasteiger partial charge in [-0.1, -0.05) is 20.8 Å². The number of anilines is 1. The van der Waals surface area contributed by atoms with Gasteiger partial charge in [0.05, 0.1) is 24.1 Å². The molecular weight excluding hydrogens is 522 g/mol. The number of benzene rings is 1. The molecule has 12 nitrogen and oxygen atoms in total. The number of primary amides is 1. The van der Waals surface area contributed by atoms with Gasteiger partial charge in [-0.25, -0.2) is 4.79 Å². The van der Waals surface area contributed by atoms with Gasteiger partial charge in [0.25, 0.3) is 5.91 Å². The quantitative estimate of drug-likeness (QED) is 0.316. The Hall–Kier alpha value is -3.45. The summed E-state index contributed by atoms with van der Waals surface area (Å²) in [5.41, 5.74) is 4.62. The molecule has 0 saturated heterocycles. The number of amides is 3. The molecule has 0 saturated carbocycles. The monoisotopic (exact) mass is 563 g/mol. The van der Waals surface area contributed by atoms with E-state index in [4.69, 9.17) is 20.0 Å². The van der Waals surface area contributed by atoms with Gasteiger partial charge in [-0.15, -0.1) is 0 Å². The summed E-state index contributed by atoms with van der Waals surface area (Å²) in [6.45, 7) is 16.9. The molecule has 0 aliphatic carbocycles. The largest absolute Gasteiger partial charge is 0.480 e. The molecule has 1 heterocycles. The number of carbonyl (C=O) groups is 4. The van der Waals surface area contributed by atoms with Crippen LogP contribution in [0.25, 0.3) is 10.9 Å². The molecule has 0 bridgehead atoms. The van der Waals surface area contributed by atoms with Crippen molar-refractivity contribution in [3.8, 4) is 0 Å². The Kier molecular flexibility index (Phi) is 9.24. The Labute approximate surface area is 229 Å². The smallest absolute Gasteiger partial charge is 0.412 e. The third kappa shape index (κ3) is 8.26. The van der Waals surface area contributed by atoms with Crippen LogP contribution in [0.15, 0.2) is 18.2 Å². The SMILES string of the molecule is CC(C)(C)OC(=O)Nc1ccc2c(c1)c(C(N)=O)nn2[C@@](C)(CO[Si](C)(C)C(C)(C)C)CC(=O)NCC(=O)O. The number of nitrogens with one attached hydrogen (secondary N) is 2. The molecule has 2 aromatic rings. The Morgan fingerprint density at radius 2 is 1.69 bits per heavy atom. The zero-order valence-electron chi connectivity index (χ0n) is 24.2. The van der Waals surface area contributed by atoms with Crippen LogP contribution in [-0.2, 0) is 24.3 Å². The third-order valence-corrected chi connectivity index (χ3v) is 11.1. The molecule has 0 aliphatic rings. The van der Waals surface area contributed by atoms with Crippen molar-refractivity contribution in [2.75, 3.05) is 18.5 Å². The molecule has 0 aliphatic heterocycles. The minimum atomic E-state index is -2.28. The van der Waals surface area contributed by atoms with E-state index in [1.165, 1.54) is 4.68 Å². The molecule has 0 unspecified atom stereocenters. The van der Waals surface area contributed by atoms with E-state index in [0.29, 0.717) is 16.6 Å². The second-order valence-corrected chi connectivity index (χ2v) is 17.2. The van der Waals surface area contributed by atoms with E-state index in [-0.39, 0.29) is 23.8 Å². The number of fused-ring (bicyclic) bond motifs is 1. The average molecular weight is 564 g/mol. The van der Waals surface area contributed by atoms with Gasteiger partial charge in [-0.2, -0.15) is 5.10 Å². The Morgan fingerprint density at radius 1 is 1.08 bits per heavy atom. The predicted octanol–water partition coefficient (Wildman–Crippen LogP) is 3.81. The molecule has 39 heavy (non-hydrogen) atoms. The van der Waals surface area contributed by atoms with E-state index < -0.39 is 49.9 Å². The van der Waals surface area contributed by atoms with Gasteiger partial charge in [0, 0.05) is 11.1 Å². The van der Waals surface area contributed by atoms with Crippen molar-refractivity contribution >= 4 is 48.8 Å². The molecule has 1 aromatic heterocycles. The molecule has 2 rings (SSSR count). The molecule has 1 aromatic carbocycles. The van der Waals surface area contributed by atoms with Crippen molar-refractivity contribution in [3.63, 3.8) is 0 Å². The highest BCUT2D eigenvalue weighted by Gasteiger charge is 2.41. The highest BCUT2D eigenvalue weighted by atomic mass is 28.4. The fraction of sp³-hybridized carbons (Fsp3) is 0.577. The number of nitrogens with zero attached hydrogens (tertiary/aromatic N) is 2. The fourth-order valence-corrected chi connectivity index (χ4v) is 4.64. The van der Waals surface area contributed by atoms with Crippen LogP contribution >= 0.6 is 0 Å². The van der Waals surface area contributed by atoms with Gasteiger partial charge in [-0.3, -0.25) is 24.4 Å². The number of hydrogen-bond donors (Lipinski definition) is 4. The summed E-state index contributed by atoms with van der Waals surface area (Å²) in [6.07, 6.45) is -0.848. The summed E-state index contributed by atoms with van der Waals surface area (Å²) < 4.78 is 13.3. The van der Waals surface area contributed by atoms with E-state index >= 15 is 0 Å². The van der Waals surface area contributed by atoms with E-state index in [9.17, 15) is 19.2 Å². The second-order valence-electron chi connectivity index (χ2n) is 12.4. The zero-order chi connectivity index (χ0) is 30.0. The maximum Gasteiger partial charge on any atom is 0.412 e. The van der Waals surface area contributed by atoms with Gasteiger partial charge >= 0.3 is 12.1 Å². The molecular formula is C26H41N5O7Si. The van der Waals surface area contributed by atoms with Crippen molar-refractivity contribution in [3.05, 3.63) is 23.9 Å². The van der Waals surface area contributed by atoms with E-state index in [0.717, 1.165) is 0 Å². The van der Waals surface area contributed by atoms with Crippen LogP contribution in [0, 0.1) is 0 Å². The number of carbonyl (C=O) groups excluding carboxylic acids is 3. The molecule has 13 heteroatoms. The van der Waals surface area contributed by atoms with Crippen molar-refractivity contribution in [2.24, 2.45) is 5.73 Å². The van der Waals surface area contributed by atoms with Crippen molar-refractivity contribution in [1.29, 1.82) is 0 Å². The number of aromatic nitrogens is 2. The van der Waals surface area contributed by atoms with Gasteiger partial charge in [0.1, 0.15) is 12.1 Å². The van der Waals surface area contributed by atoms with Crippen LogP contribution < -0.4 is 16.4 Å². The van der Waals surface area contributed by atoms with Crippen molar-refractivity contribution in [1.82, 2.24) is 15.1 Å². The number of rotatable bonds is 10. The highest BCUT2D eigenvalue weighted by Crippen LogP contribution is 2.38. The van der Waals surface area contributed by atoms with Crippen molar-refractivity contribution < 1.29 is 33.4 Å². The first-order valence-corrected chi connectivity index (χ1v) is 15.5. The standard InChI is InChI=1S/C26H41N5O7Si/c1-24(2,3)38-23(36)29-16-10-11-18-17(12-16)21(22(27)35)30-31(18)26(7,13-19(32)28-14-20(33)34)15-37-39(8,9)25(4,5)6/h10-12H,13-15H2,1-9H3,(H2,27,35)(H,28,32)(H,29,36)(H,33,34)/t26-/m1/s1. The summed E-state index contributed by atoms with van der Waals surface area (Å²) >= 11 is 0. The lowest BCUT2D eigenvalue weighted by molar-refractivity contribution is -0.138. The van der Waals surface area contributed by atoms with Gasteiger partial charge < -0.3 is 25.3 Å². The minimum absolute atomic E-state index is 0.0534. The van der Waals surface area contributed by atoms with E-state index in [2.05, 4.69) is 49.6 Å². The summed E-state index contributed by atoms with van der Waals surface area (Å²) in [5.74, 6) is -2.49. The first kappa shape index (κ1) is 31.8. The number of hydrogen-bond acceptors (Lipinski definition) is 7. The second kappa shape index (κ2) is 11.3. The first-order valence-electron chi connectivity index (χ1n) is 12.6. The van der Waals surface area contributed by atoms with Crippen LogP contribution in [0.4, 0.5) is 10.5 Å². The molecule has 0 radical (unpaired) electrons. The van der Waals surface area contributed by atoms with Crippen LogP contribution in [0.5, 0.6) is 0 Å². The lowest BCUT2D eigenvalue weighted by Crippen LogP contribution is -2.48. The van der Waals surface area contributed by atoms with Crippen molar-refractivity contribution in [2.45, 2.75) is 84.2 Å². The number of carboxylic acids is 1. The summed E-state index contributed by atoms with van der Waals surface area (Å²) in [6, 6.07) is 4.83. The van der Waals surface area contributed by atoms with E-state index in [1.54, 1.807) is 45.9 Å². The van der Waals surface area contributed by atoms with Gasteiger partial charge in [0.2, 0.25) is 5.91 Å². The molecule has 1 atom stereocenters. The maximum atomic E-state index is 12.8. The summed E-state index contributed by atoms with van der Waals surface area (Å²) in [5, 5.41) is 18.7. The minimum Gasteiger partial charge on any atom is -0.480 e. The first-order chi connectivity index (χ1) is 17.6. The lowest BCUT2D eigenvalue weighted by Gasteiger charge is -2.40. The summed E-state index contributed by atoms with van der Waals surface area (Å²) in [4.78, 5) is 48.5. The van der Waals surface area contributed by atoms with Crippen LogP contribution in [-0.4, -0.2) is 65.8 Å². The van der Waals surface area contributed by atoms with Crippen LogP contribution in [0.1, 0.15) is 65.4 Å². The molecule has 0 fully saturated rings. The van der Waals surface area contributed by atoms with Gasteiger partial charge in [0.15, 0.2) is 14.0 Å². The Morgan fingerprint density at radius 3 is 2.21 bits per heavy atom. The number of carboxylic acid groups (broad SMARTS) is 1. The Bertz CT molecular complexity index is 1260. The number of nitrogens with two attached hydrogens (primary N) is 1. The number of ether oxygens (including phenoxy) is 1. The predicted molar refractivity (Wildman–Crippen MR) is 150 cm³/mol. The third-order valence-electron chi connectivity index (χ3n) is 6.60. The molecule has 216 valence electrons. The zero-order valence-corrected chi connectivity index (χ0v) is 25.2. The van der Waals surface area contributed by atoms with Crippen LogP contribution in [0.3, 0.4) is 0 Å². The topological polar surface area (TPSA) is 175 Å². The molecule has 0 spiro atoms. The summed E-state index contributed by atoms with van der Waals surface area (Å²) in [7, 11) is -2.28. The van der Waals surface area contributed by atoms with Crippen LogP contribution in [0.2, 0.25) is 18.1 Å². The number of aliphatic carboxylic acids is 1. The van der Waals surface area contributed by atoms with E-state index in [1.807, 2.05) is 0 Å². The normalized spacial score (nSPS) is 14.0. The average Bonchev–Trinajstić information content (AvgIpc) is 3.14. The Balaban J connectivity index is 2.59. The highest BCUT2D eigenvalue weighted by molar-refractivity contribution is 6.74. The lowest BCUT2D eigenvalue weighted by atomic mass is 9.98. The van der Waals surface area contributed by atoms with Gasteiger partial charge in [-0.05, 0) is 64.0 Å². The molecule has 5 N–H and O–H groups in total. The fourth-order valence-electron chi connectivity index (χ4n) is 3.53. The molecule has 3 amide bonds. The maximum absolute atomic E-state index is 12.8.